The first-order valence-electron chi connectivity index (χ1n) is 8.39. The first-order valence-corrected chi connectivity index (χ1v) is 8.39. The predicted octanol–water partition coefficient (Wildman–Crippen LogP) is 4.63. The van der Waals surface area contributed by atoms with Crippen molar-refractivity contribution >= 4 is 11.6 Å². The number of carbonyl (C=O) groups is 1. The van der Waals surface area contributed by atoms with Crippen LogP contribution in [0, 0.1) is 13.8 Å². The van der Waals surface area contributed by atoms with Crippen LogP contribution in [0.4, 0.5) is 5.69 Å². The predicted molar refractivity (Wildman–Crippen MR) is 102 cm³/mol. The second kappa shape index (κ2) is 7.60. The number of benzene rings is 2. The summed E-state index contributed by atoms with van der Waals surface area (Å²) in [5.41, 5.74) is 3.95. The van der Waals surface area contributed by atoms with Crippen molar-refractivity contribution in [2.45, 2.75) is 40.0 Å². The zero-order valence-electron chi connectivity index (χ0n) is 15.9. The number of hydrogen-bond acceptors (Lipinski definition) is 3. The Hall–Kier alpha value is -2.49. The standard InChI is InChI=1S/C21H27NO3/c1-14-8-7-9-18(15(14)2)25-13-20(23)22-17-12-16(21(3,4)5)10-11-19(17)24-6/h7-12H,13H2,1-6H3,(H,22,23). The van der Waals surface area contributed by atoms with Gasteiger partial charge in [0.25, 0.3) is 5.91 Å². The lowest BCUT2D eigenvalue weighted by atomic mass is 9.87. The number of rotatable bonds is 5. The molecule has 4 heteroatoms. The average Bonchev–Trinajstić information content (AvgIpc) is 2.55. The summed E-state index contributed by atoms with van der Waals surface area (Å²) in [5.74, 6) is 1.14. The smallest absolute Gasteiger partial charge is 0.262 e. The quantitative estimate of drug-likeness (QED) is 0.863. The van der Waals surface area contributed by atoms with Gasteiger partial charge < -0.3 is 14.8 Å². The first-order chi connectivity index (χ1) is 11.7. The highest BCUT2D eigenvalue weighted by Gasteiger charge is 2.17. The average molecular weight is 341 g/mol. The number of amides is 1. The van der Waals surface area contributed by atoms with Gasteiger partial charge in [0.15, 0.2) is 6.61 Å². The van der Waals surface area contributed by atoms with E-state index in [2.05, 4.69) is 26.1 Å². The molecule has 2 rings (SSSR count). The lowest BCUT2D eigenvalue weighted by molar-refractivity contribution is -0.118. The molecule has 25 heavy (non-hydrogen) atoms. The van der Waals surface area contributed by atoms with E-state index in [0.717, 1.165) is 22.4 Å². The van der Waals surface area contributed by atoms with Crippen LogP contribution >= 0.6 is 0 Å². The normalized spacial score (nSPS) is 11.1. The molecule has 0 unspecified atom stereocenters. The van der Waals surface area contributed by atoms with Gasteiger partial charge in [0.1, 0.15) is 11.5 Å². The number of nitrogens with one attached hydrogen (secondary N) is 1. The van der Waals surface area contributed by atoms with Gasteiger partial charge in [-0.3, -0.25) is 4.79 Å². The SMILES string of the molecule is COc1ccc(C(C)(C)C)cc1NC(=O)COc1cccc(C)c1C. The molecule has 4 nitrogen and oxygen atoms in total. The van der Waals surface area contributed by atoms with E-state index >= 15 is 0 Å². The van der Waals surface area contributed by atoms with E-state index in [0.29, 0.717) is 11.4 Å². The number of hydrogen-bond donors (Lipinski definition) is 1. The van der Waals surface area contributed by atoms with Gasteiger partial charge in [-0.1, -0.05) is 39.0 Å². The fraction of sp³-hybridized carbons (Fsp3) is 0.381. The summed E-state index contributed by atoms with van der Waals surface area (Å²) in [6.07, 6.45) is 0. The molecule has 0 spiro atoms. The van der Waals surface area contributed by atoms with Gasteiger partial charge in [0.2, 0.25) is 0 Å². The Morgan fingerprint density at radius 1 is 1.08 bits per heavy atom. The molecule has 1 N–H and O–H groups in total. The van der Waals surface area contributed by atoms with Gasteiger partial charge >= 0.3 is 0 Å². The Morgan fingerprint density at radius 3 is 2.44 bits per heavy atom. The largest absolute Gasteiger partial charge is 0.495 e. The maximum atomic E-state index is 12.3. The Morgan fingerprint density at radius 2 is 1.80 bits per heavy atom. The van der Waals surface area contributed by atoms with E-state index in [-0.39, 0.29) is 17.9 Å². The molecular formula is C21H27NO3. The topological polar surface area (TPSA) is 47.6 Å². The van der Waals surface area contributed by atoms with E-state index in [1.54, 1.807) is 7.11 Å². The van der Waals surface area contributed by atoms with Crippen molar-refractivity contribution < 1.29 is 14.3 Å². The second-order valence-corrected chi connectivity index (χ2v) is 7.20. The van der Waals surface area contributed by atoms with Gasteiger partial charge in [-0.15, -0.1) is 0 Å². The second-order valence-electron chi connectivity index (χ2n) is 7.20. The van der Waals surface area contributed by atoms with Crippen molar-refractivity contribution in [2.75, 3.05) is 19.0 Å². The molecule has 0 aliphatic rings. The van der Waals surface area contributed by atoms with E-state index in [1.807, 2.05) is 50.2 Å². The molecule has 0 saturated carbocycles. The molecule has 0 heterocycles. The van der Waals surface area contributed by atoms with Gasteiger partial charge in [-0.2, -0.15) is 0 Å². The number of carbonyl (C=O) groups excluding carboxylic acids is 1. The number of ether oxygens (including phenoxy) is 2. The van der Waals surface area contributed by atoms with Crippen LogP contribution in [0.5, 0.6) is 11.5 Å². The first kappa shape index (κ1) is 18.8. The molecule has 1 amide bonds. The van der Waals surface area contributed by atoms with E-state index in [1.165, 1.54) is 0 Å². The van der Waals surface area contributed by atoms with Crippen LogP contribution in [0.25, 0.3) is 0 Å². The molecule has 2 aromatic rings. The van der Waals surface area contributed by atoms with Crippen molar-refractivity contribution in [3.8, 4) is 11.5 Å². The van der Waals surface area contributed by atoms with Crippen molar-refractivity contribution in [1.82, 2.24) is 0 Å². The van der Waals surface area contributed by atoms with Gasteiger partial charge in [-0.25, -0.2) is 0 Å². The summed E-state index contributed by atoms with van der Waals surface area (Å²) in [6.45, 7) is 10.3. The molecular weight excluding hydrogens is 314 g/mol. The minimum atomic E-state index is -0.217. The number of methoxy groups -OCH3 is 1. The maximum Gasteiger partial charge on any atom is 0.262 e. The molecule has 0 aliphatic heterocycles. The zero-order valence-corrected chi connectivity index (χ0v) is 15.9. The summed E-state index contributed by atoms with van der Waals surface area (Å²) >= 11 is 0. The van der Waals surface area contributed by atoms with Gasteiger partial charge in [-0.05, 0) is 54.2 Å². The van der Waals surface area contributed by atoms with Crippen molar-refractivity contribution in [1.29, 1.82) is 0 Å². The molecule has 0 bridgehead atoms. The van der Waals surface area contributed by atoms with Crippen LogP contribution < -0.4 is 14.8 Å². The van der Waals surface area contributed by atoms with Crippen LogP contribution in [-0.4, -0.2) is 19.6 Å². The monoisotopic (exact) mass is 341 g/mol. The minimum Gasteiger partial charge on any atom is -0.495 e. The lowest BCUT2D eigenvalue weighted by Crippen LogP contribution is -2.21. The molecule has 0 radical (unpaired) electrons. The van der Waals surface area contributed by atoms with Crippen LogP contribution in [0.1, 0.15) is 37.5 Å². The lowest BCUT2D eigenvalue weighted by Gasteiger charge is -2.21. The molecule has 0 atom stereocenters. The number of anilines is 1. The Kier molecular flexibility index (Phi) is 5.73. The van der Waals surface area contributed by atoms with Crippen molar-refractivity contribution in [3.05, 3.63) is 53.1 Å². The minimum absolute atomic E-state index is 0.0130. The Labute approximate surface area is 150 Å². The van der Waals surface area contributed by atoms with Crippen molar-refractivity contribution in [3.63, 3.8) is 0 Å². The third-order valence-corrected chi connectivity index (χ3v) is 4.25. The summed E-state index contributed by atoms with van der Waals surface area (Å²) in [6, 6.07) is 11.7. The third kappa shape index (κ3) is 4.75. The summed E-state index contributed by atoms with van der Waals surface area (Å²) < 4.78 is 11.0. The highest BCUT2D eigenvalue weighted by atomic mass is 16.5. The molecule has 2 aromatic carbocycles. The Balaban J connectivity index is 2.10. The molecule has 0 fully saturated rings. The molecule has 0 saturated heterocycles. The van der Waals surface area contributed by atoms with Crippen LogP contribution in [0.15, 0.2) is 36.4 Å². The van der Waals surface area contributed by atoms with Crippen LogP contribution in [-0.2, 0) is 10.2 Å². The van der Waals surface area contributed by atoms with Gasteiger partial charge in [0, 0.05) is 0 Å². The summed E-state index contributed by atoms with van der Waals surface area (Å²) in [5, 5.41) is 2.89. The maximum absolute atomic E-state index is 12.3. The Bertz CT molecular complexity index is 760. The summed E-state index contributed by atoms with van der Waals surface area (Å²) in [4.78, 5) is 12.3. The van der Waals surface area contributed by atoms with Crippen molar-refractivity contribution in [2.24, 2.45) is 0 Å². The third-order valence-electron chi connectivity index (χ3n) is 4.25. The number of aryl methyl sites for hydroxylation is 1. The van der Waals surface area contributed by atoms with E-state index < -0.39 is 0 Å². The van der Waals surface area contributed by atoms with Crippen LogP contribution in [0.3, 0.4) is 0 Å². The zero-order chi connectivity index (χ0) is 18.6. The van der Waals surface area contributed by atoms with Gasteiger partial charge in [0.05, 0.1) is 12.8 Å². The fourth-order valence-electron chi connectivity index (χ4n) is 2.48. The fourth-order valence-corrected chi connectivity index (χ4v) is 2.48. The summed E-state index contributed by atoms with van der Waals surface area (Å²) in [7, 11) is 1.59. The van der Waals surface area contributed by atoms with E-state index in [9.17, 15) is 4.79 Å². The highest BCUT2D eigenvalue weighted by molar-refractivity contribution is 5.93. The van der Waals surface area contributed by atoms with E-state index in [4.69, 9.17) is 9.47 Å². The molecule has 0 aromatic heterocycles. The highest BCUT2D eigenvalue weighted by Crippen LogP contribution is 2.31. The molecule has 0 aliphatic carbocycles. The molecule has 134 valence electrons. The van der Waals surface area contributed by atoms with Crippen LogP contribution in [0.2, 0.25) is 0 Å².